The summed E-state index contributed by atoms with van der Waals surface area (Å²) in [4.78, 5) is 22.5. The molecule has 0 saturated heterocycles. The number of hydrogen-bond acceptors (Lipinski definition) is 2. The summed E-state index contributed by atoms with van der Waals surface area (Å²) in [6.45, 7) is 9.28. The van der Waals surface area contributed by atoms with Crippen LogP contribution in [0.1, 0.15) is 53.9 Å². The van der Waals surface area contributed by atoms with Crippen molar-refractivity contribution in [2.24, 2.45) is 11.8 Å². The van der Waals surface area contributed by atoms with E-state index in [0.29, 0.717) is 19.3 Å². The van der Waals surface area contributed by atoms with Gasteiger partial charge >= 0.3 is 0 Å². The fourth-order valence-electron chi connectivity index (χ4n) is 1.77. The fraction of sp³-hybridized carbons (Fsp3) is 0.846. The van der Waals surface area contributed by atoms with Gasteiger partial charge in [0.1, 0.15) is 11.6 Å². The lowest BCUT2D eigenvalue weighted by atomic mass is 9.83. The lowest BCUT2D eigenvalue weighted by molar-refractivity contribution is -0.125. The third-order valence-electron chi connectivity index (χ3n) is 2.62. The SMILES string of the molecule is CC(=O)CCC(C(=O)CC(C)(C)Cl)C(C)C. The first-order valence-electron chi connectivity index (χ1n) is 5.84. The van der Waals surface area contributed by atoms with E-state index >= 15 is 0 Å². The maximum Gasteiger partial charge on any atom is 0.137 e. The molecule has 1 atom stereocenters. The summed E-state index contributed by atoms with van der Waals surface area (Å²) in [6.07, 6.45) is 1.51. The molecule has 0 aromatic carbocycles. The van der Waals surface area contributed by atoms with Gasteiger partial charge in [-0.3, -0.25) is 4.79 Å². The molecule has 94 valence electrons. The van der Waals surface area contributed by atoms with Gasteiger partial charge in [0.15, 0.2) is 0 Å². The summed E-state index contributed by atoms with van der Waals surface area (Å²) in [5, 5.41) is 0. The van der Waals surface area contributed by atoms with Crippen molar-refractivity contribution in [2.45, 2.75) is 58.8 Å². The molecule has 0 aliphatic heterocycles. The van der Waals surface area contributed by atoms with Crippen LogP contribution >= 0.6 is 11.6 Å². The van der Waals surface area contributed by atoms with E-state index in [-0.39, 0.29) is 23.4 Å². The molecule has 0 amide bonds. The standard InChI is InChI=1S/C13H23ClO2/c1-9(2)11(7-6-10(3)15)12(16)8-13(4,5)14/h9,11H,6-8H2,1-5H3. The minimum absolute atomic E-state index is 0.0399. The van der Waals surface area contributed by atoms with Gasteiger partial charge in [-0.1, -0.05) is 13.8 Å². The molecule has 0 bridgehead atoms. The number of hydrogen-bond donors (Lipinski definition) is 0. The summed E-state index contributed by atoms with van der Waals surface area (Å²) >= 11 is 6.05. The quantitative estimate of drug-likeness (QED) is 0.643. The summed E-state index contributed by atoms with van der Waals surface area (Å²) in [7, 11) is 0. The van der Waals surface area contributed by atoms with E-state index in [1.807, 2.05) is 27.7 Å². The Morgan fingerprint density at radius 3 is 2.06 bits per heavy atom. The van der Waals surface area contributed by atoms with Gasteiger partial charge in [-0.2, -0.15) is 0 Å². The van der Waals surface area contributed by atoms with Crippen LogP contribution in [0.3, 0.4) is 0 Å². The highest BCUT2D eigenvalue weighted by Gasteiger charge is 2.27. The van der Waals surface area contributed by atoms with Crippen molar-refractivity contribution in [1.82, 2.24) is 0 Å². The minimum atomic E-state index is -0.486. The molecule has 0 spiro atoms. The monoisotopic (exact) mass is 246 g/mol. The smallest absolute Gasteiger partial charge is 0.137 e. The van der Waals surface area contributed by atoms with Gasteiger partial charge in [-0.25, -0.2) is 0 Å². The van der Waals surface area contributed by atoms with Crippen molar-refractivity contribution in [3.8, 4) is 0 Å². The second kappa shape index (κ2) is 6.39. The Kier molecular flexibility index (Phi) is 6.24. The fourth-order valence-corrected chi connectivity index (χ4v) is 1.90. The molecule has 3 heteroatoms. The van der Waals surface area contributed by atoms with Crippen molar-refractivity contribution in [2.75, 3.05) is 0 Å². The van der Waals surface area contributed by atoms with Crippen LogP contribution in [-0.2, 0) is 9.59 Å². The second-order valence-electron chi connectivity index (χ2n) is 5.45. The van der Waals surface area contributed by atoms with Crippen LogP contribution in [0, 0.1) is 11.8 Å². The molecular weight excluding hydrogens is 224 g/mol. The summed E-state index contributed by atoms with van der Waals surface area (Å²) < 4.78 is 0. The predicted octanol–water partition coefficient (Wildman–Crippen LogP) is 3.60. The van der Waals surface area contributed by atoms with Crippen molar-refractivity contribution in [1.29, 1.82) is 0 Å². The van der Waals surface area contributed by atoms with Gasteiger partial charge in [0.25, 0.3) is 0 Å². The Hall–Kier alpha value is -0.370. The number of alkyl halides is 1. The number of halogens is 1. The van der Waals surface area contributed by atoms with Crippen molar-refractivity contribution in [3.05, 3.63) is 0 Å². The van der Waals surface area contributed by atoms with Crippen LogP contribution < -0.4 is 0 Å². The molecule has 0 heterocycles. The normalized spacial score (nSPS) is 13.9. The third kappa shape index (κ3) is 7.00. The molecule has 0 saturated carbocycles. The Balaban J connectivity index is 4.42. The van der Waals surface area contributed by atoms with Crippen LogP contribution in [0.25, 0.3) is 0 Å². The Morgan fingerprint density at radius 2 is 1.75 bits per heavy atom. The van der Waals surface area contributed by atoms with Crippen LogP contribution in [0.5, 0.6) is 0 Å². The average Bonchev–Trinajstić information content (AvgIpc) is 1.98. The van der Waals surface area contributed by atoms with Gasteiger partial charge in [-0.05, 0) is 33.1 Å². The molecular formula is C13H23ClO2. The Labute approximate surface area is 104 Å². The first-order chi connectivity index (χ1) is 7.13. The first-order valence-corrected chi connectivity index (χ1v) is 6.22. The Bertz CT molecular complexity index is 251. The molecule has 0 rings (SSSR count). The highest BCUT2D eigenvalue weighted by atomic mass is 35.5. The van der Waals surface area contributed by atoms with E-state index in [0.717, 1.165) is 0 Å². The number of carbonyl (C=O) groups is 2. The van der Waals surface area contributed by atoms with Crippen molar-refractivity contribution in [3.63, 3.8) is 0 Å². The zero-order valence-electron chi connectivity index (χ0n) is 11.0. The topological polar surface area (TPSA) is 34.1 Å². The third-order valence-corrected chi connectivity index (χ3v) is 2.75. The number of ketones is 2. The molecule has 16 heavy (non-hydrogen) atoms. The number of Topliss-reactive ketones (excluding diaryl/α,β-unsaturated/α-hetero) is 2. The molecule has 0 fully saturated rings. The van der Waals surface area contributed by atoms with E-state index in [2.05, 4.69) is 0 Å². The second-order valence-corrected chi connectivity index (χ2v) is 6.48. The molecule has 0 aromatic heterocycles. The van der Waals surface area contributed by atoms with Crippen molar-refractivity contribution < 1.29 is 9.59 Å². The maximum atomic E-state index is 12.0. The zero-order chi connectivity index (χ0) is 12.9. The molecule has 0 N–H and O–H groups in total. The Morgan fingerprint density at radius 1 is 1.25 bits per heavy atom. The lowest BCUT2D eigenvalue weighted by Gasteiger charge is -2.23. The van der Waals surface area contributed by atoms with E-state index in [9.17, 15) is 9.59 Å². The van der Waals surface area contributed by atoms with Crippen LogP contribution in [0.15, 0.2) is 0 Å². The molecule has 0 radical (unpaired) electrons. The van der Waals surface area contributed by atoms with Gasteiger partial charge in [0.2, 0.25) is 0 Å². The van der Waals surface area contributed by atoms with Gasteiger partial charge in [0, 0.05) is 23.6 Å². The van der Waals surface area contributed by atoms with Gasteiger partial charge in [-0.15, -0.1) is 11.6 Å². The molecule has 0 aliphatic carbocycles. The lowest BCUT2D eigenvalue weighted by Crippen LogP contribution is -2.27. The summed E-state index contributed by atoms with van der Waals surface area (Å²) in [5.74, 6) is 0.549. The largest absolute Gasteiger partial charge is 0.300 e. The van der Waals surface area contributed by atoms with E-state index in [1.54, 1.807) is 6.92 Å². The molecule has 1 unspecified atom stereocenters. The van der Waals surface area contributed by atoms with Crippen LogP contribution in [-0.4, -0.2) is 16.4 Å². The minimum Gasteiger partial charge on any atom is -0.300 e. The predicted molar refractivity (Wildman–Crippen MR) is 67.8 cm³/mol. The van der Waals surface area contributed by atoms with Crippen molar-refractivity contribution >= 4 is 23.2 Å². The highest BCUT2D eigenvalue weighted by Crippen LogP contribution is 2.26. The van der Waals surface area contributed by atoms with Crippen LogP contribution in [0.2, 0.25) is 0 Å². The summed E-state index contributed by atoms with van der Waals surface area (Å²) in [6, 6.07) is 0. The zero-order valence-corrected chi connectivity index (χ0v) is 11.7. The summed E-state index contributed by atoms with van der Waals surface area (Å²) in [5.41, 5.74) is 0. The molecule has 2 nitrogen and oxygen atoms in total. The highest BCUT2D eigenvalue weighted by molar-refractivity contribution is 6.24. The van der Waals surface area contributed by atoms with E-state index in [4.69, 9.17) is 11.6 Å². The van der Waals surface area contributed by atoms with E-state index < -0.39 is 4.87 Å². The average molecular weight is 247 g/mol. The van der Waals surface area contributed by atoms with Gasteiger partial charge < -0.3 is 4.79 Å². The number of carbonyl (C=O) groups excluding carboxylic acids is 2. The number of rotatable bonds is 7. The van der Waals surface area contributed by atoms with E-state index in [1.165, 1.54) is 0 Å². The maximum absolute atomic E-state index is 12.0. The van der Waals surface area contributed by atoms with Crippen LogP contribution in [0.4, 0.5) is 0 Å². The molecule has 0 aromatic rings. The first kappa shape index (κ1) is 15.6. The van der Waals surface area contributed by atoms with Gasteiger partial charge in [0.05, 0.1) is 0 Å². The molecule has 0 aliphatic rings.